The monoisotopic (exact) mass is 268 g/mol. The van der Waals surface area contributed by atoms with E-state index in [0.29, 0.717) is 11.6 Å². The van der Waals surface area contributed by atoms with Gasteiger partial charge in [-0.25, -0.2) is 0 Å². The molecule has 0 aromatic heterocycles. The topological polar surface area (TPSA) is 41.1 Å². The number of aryl methyl sites for hydroxylation is 1. The molecule has 100 valence electrons. The van der Waals surface area contributed by atoms with Gasteiger partial charge in [0.05, 0.1) is 6.54 Å². The fourth-order valence-corrected chi connectivity index (χ4v) is 1.54. The van der Waals surface area contributed by atoms with Crippen molar-refractivity contribution in [3.8, 4) is 0 Å². The summed E-state index contributed by atoms with van der Waals surface area (Å²) < 4.78 is 0. The minimum absolute atomic E-state index is 0.0271. The largest absolute Gasteiger partial charge is 0.325 e. The molecule has 0 saturated carbocycles. The van der Waals surface area contributed by atoms with Gasteiger partial charge in [0.2, 0.25) is 5.91 Å². The van der Waals surface area contributed by atoms with E-state index in [1.807, 2.05) is 19.1 Å². The van der Waals surface area contributed by atoms with E-state index < -0.39 is 0 Å². The van der Waals surface area contributed by atoms with Crippen LogP contribution in [-0.4, -0.2) is 18.0 Å². The number of amides is 1. The van der Waals surface area contributed by atoms with Crippen molar-refractivity contribution in [1.82, 2.24) is 5.32 Å². The normalized spacial score (nSPS) is 11.4. The molecule has 2 N–H and O–H groups in total. The first-order valence-corrected chi connectivity index (χ1v) is 6.53. The predicted molar refractivity (Wildman–Crippen MR) is 77.2 cm³/mol. The lowest BCUT2D eigenvalue weighted by Gasteiger charge is -2.24. The van der Waals surface area contributed by atoms with Crippen LogP contribution in [0.25, 0.3) is 0 Å². The van der Waals surface area contributed by atoms with E-state index in [9.17, 15) is 4.79 Å². The summed E-state index contributed by atoms with van der Waals surface area (Å²) in [5.41, 5.74) is 1.74. The highest BCUT2D eigenvalue weighted by Gasteiger charge is 2.15. The molecule has 1 amide bonds. The summed E-state index contributed by atoms with van der Waals surface area (Å²) in [4.78, 5) is 11.8. The first-order valence-electron chi connectivity index (χ1n) is 6.15. The average Bonchev–Trinajstić information content (AvgIpc) is 2.31. The molecule has 18 heavy (non-hydrogen) atoms. The Hall–Kier alpha value is -1.06. The second-order valence-corrected chi connectivity index (χ2v) is 5.53. The number of rotatable bonds is 5. The summed E-state index contributed by atoms with van der Waals surface area (Å²) in [6, 6.07) is 5.46. The molecule has 0 bridgehead atoms. The van der Waals surface area contributed by atoms with Crippen LogP contribution < -0.4 is 10.6 Å². The van der Waals surface area contributed by atoms with Crippen LogP contribution in [0.1, 0.15) is 32.8 Å². The minimum Gasteiger partial charge on any atom is -0.325 e. The maximum atomic E-state index is 11.8. The van der Waals surface area contributed by atoms with Crippen LogP contribution >= 0.6 is 11.6 Å². The zero-order valence-corrected chi connectivity index (χ0v) is 12.2. The maximum Gasteiger partial charge on any atom is 0.238 e. The second kappa shape index (κ2) is 6.21. The standard InChI is InChI=1S/C14H21ClN2O/c1-5-14(3,4)16-9-13(18)17-12-8-11(15)7-6-10(12)2/h6-8,16H,5,9H2,1-4H3,(H,17,18). The van der Waals surface area contributed by atoms with E-state index in [-0.39, 0.29) is 11.4 Å². The van der Waals surface area contributed by atoms with Gasteiger partial charge in [-0.05, 0) is 44.9 Å². The van der Waals surface area contributed by atoms with Gasteiger partial charge in [0.1, 0.15) is 0 Å². The van der Waals surface area contributed by atoms with Crippen molar-refractivity contribution in [2.75, 3.05) is 11.9 Å². The lowest BCUT2D eigenvalue weighted by atomic mass is 10.0. The zero-order chi connectivity index (χ0) is 13.8. The molecule has 0 aliphatic carbocycles. The van der Waals surface area contributed by atoms with E-state index in [2.05, 4.69) is 31.4 Å². The van der Waals surface area contributed by atoms with Gasteiger partial charge < -0.3 is 10.6 Å². The van der Waals surface area contributed by atoms with Crippen LogP contribution in [-0.2, 0) is 4.79 Å². The minimum atomic E-state index is -0.0538. The van der Waals surface area contributed by atoms with Crippen molar-refractivity contribution in [1.29, 1.82) is 0 Å². The number of anilines is 1. The number of hydrogen-bond acceptors (Lipinski definition) is 2. The lowest BCUT2D eigenvalue weighted by molar-refractivity contribution is -0.115. The van der Waals surface area contributed by atoms with Gasteiger partial charge in [0.25, 0.3) is 0 Å². The number of carbonyl (C=O) groups is 1. The summed E-state index contributed by atoms with van der Waals surface area (Å²) in [7, 11) is 0. The first kappa shape index (κ1) is 15.0. The summed E-state index contributed by atoms with van der Waals surface area (Å²) >= 11 is 5.91. The first-order chi connectivity index (χ1) is 8.34. The maximum absolute atomic E-state index is 11.8. The molecule has 0 heterocycles. The molecule has 0 aliphatic rings. The highest BCUT2D eigenvalue weighted by atomic mass is 35.5. The fraction of sp³-hybridized carbons (Fsp3) is 0.500. The Morgan fingerprint density at radius 2 is 2.06 bits per heavy atom. The van der Waals surface area contributed by atoms with E-state index >= 15 is 0 Å². The van der Waals surface area contributed by atoms with Crippen molar-refractivity contribution in [3.63, 3.8) is 0 Å². The van der Waals surface area contributed by atoms with E-state index in [1.54, 1.807) is 6.07 Å². The van der Waals surface area contributed by atoms with Crippen molar-refractivity contribution in [3.05, 3.63) is 28.8 Å². The van der Waals surface area contributed by atoms with Crippen molar-refractivity contribution in [2.45, 2.75) is 39.7 Å². The van der Waals surface area contributed by atoms with Crippen LogP contribution in [0, 0.1) is 6.92 Å². The Kier molecular flexibility index (Phi) is 5.17. The van der Waals surface area contributed by atoms with Gasteiger partial charge >= 0.3 is 0 Å². The van der Waals surface area contributed by atoms with Crippen LogP contribution in [0.2, 0.25) is 5.02 Å². The van der Waals surface area contributed by atoms with Gasteiger partial charge in [-0.1, -0.05) is 24.6 Å². The smallest absolute Gasteiger partial charge is 0.238 e. The molecule has 1 aromatic rings. The fourth-order valence-electron chi connectivity index (χ4n) is 1.37. The summed E-state index contributed by atoms with van der Waals surface area (Å²) in [5, 5.41) is 6.70. The SMILES string of the molecule is CCC(C)(C)NCC(=O)Nc1cc(Cl)ccc1C. The predicted octanol–water partition coefficient (Wildman–Crippen LogP) is 3.37. The molecular formula is C14H21ClN2O. The molecule has 0 unspecified atom stereocenters. The van der Waals surface area contributed by atoms with Gasteiger partial charge in [-0.2, -0.15) is 0 Å². The highest BCUT2D eigenvalue weighted by molar-refractivity contribution is 6.31. The Morgan fingerprint density at radius 1 is 1.39 bits per heavy atom. The molecule has 0 aliphatic heterocycles. The van der Waals surface area contributed by atoms with Gasteiger partial charge in [-0.3, -0.25) is 4.79 Å². The second-order valence-electron chi connectivity index (χ2n) is 5.10. The summed E-state index contributed by atoms with van der Waals surface area (Å²) in [6.07, 6.45) is 0.969. The van der Waals surface area contributed by atoms with Crippen molar-refractivity contribution in [2.24, 2.45) is 0 Å². The number of carbonyl (C=O) groups excluding carboxylic acids is 1. The van der Waals surface area contributed by atoms with Crippen LogP contribution in [0.4, 0.5) is 5.69 Å². The van der Waals surface area contributed by atoms with Crippen LogP contribution in [0.15, 0.2) is 18.2 Å². The van der Waals surface area contributed by atoms with E-state index in [1.165, 1.54) is 0 Å². The van der Waals surface area contributed by atoms with Gasteiger partial charge in [-0.15, -0.1) is 0 Å². The summed E-state index contributed by atoms with van der Waals surface area (Å²) in [5.74, 6) is -0.0538. The Balaban J connectivity index is 2.57. The van der Waals surface area contributed by atoms with Gasteiger partial charge in [0, 0.05) is 16.2 Å². The van der Waals surface area contributed by atoms with E-state index in [4.69, 9.17) is 11.6 Å². The summed E-state index contributed by atoms with van der Waals surface area (Å²) in [6.45, 7) is 8.48. The number of halogens is 1. The zero-order valence-electron chi connectivity index (χ0n) is 11.4. The van der Waals surface area contributed by atoms with Gasteiger partial charge in [0.15, 0.2) is 0 Å². The average molecular weight is 269 g/mol. The molecule has 1 rings (SSSR count). The van der Waals surface area contributed by atoms with E-state index in [0.717, 1.165) is 17.7 Å². The van der Waals surface area contributed by atoms with Crippen LogP contribution in [0.5, 0.6) is 0 Å². The molecule has 1 aromatic carbocycles. The molecule has 0 saturated heterocycles. The quantitative estimate of drug-likeness (QED) is 0.860. The molecule has 0 radical (unpaired) electrons. The van der Waals surface area contributed by atoms with Crippen molar-refractivity contribution < 1.29 is 4.79 Å². The number of hydrogen-bond donors (Lipinski definition) is 2. The third-order valence-corrected chi connectivity index (χ3v) is 3.32. The molecule has 0 fully saturated rings. The number of benzene rings is 1. The van der Waals surface area contributed by atoms with Crippen molar-refractivity contribution >= 4 is 23.2 Å². The third-order valence-electron chi connectivity index (χ3n) is 3.09. The molecule has 0 spiro atoms. The molecule has 3 nitrogen and oxygen atoms in total. The number of nitrogens with one attached hydrogen (secondary N) is 2. The third kappa shape index (κ3) is 4.67. The molecular weight excluding hydrogens is 248 g/mol. The molecule has 0 atom stereocenters. The lowest BCUT2D eigenvalue weighted by Crippen LogP contribution is -2.43. The highest BCUT2D eigenvalue weighted by Crippen LogP contribution is 2.20. The Morgan fingerprint density at radius 3 is 2.67 bits per heavy atom. The molecule has 4 heteroatoms. The Labute approximate surface area is 114 Å². The van der Waals surface area contributed by atoms with Crippen LogP contribution in [0.3, 0.4) is 0 Å². The Bertz CT molecular complexity index is 430.